The summed E-state index contributed by atoms with van der Waals surface area (Å²) in [6.45, 7) is 0. The lowest BCUT2D eigenvalue weighted by molar-refractivity contribution is 0.346. The molecule has 0 saturated carbocycles. The smallest absolute Gasteiger partial charge is 0.164 e. The van der Waals surface area contributed by atoms with E-state index in [1.54, 1.807) is 35.5 Å². The standard InChI is InChI=1S/C25H30O5/c1-26-21-13-12-17(14-23(21)28-3)18-10-8-6-7-9-11-19(18)20-15-24(29-4)25(30-5)16-22(20)27-2/h8-16,18-19H,6-7H2,1-5H3/b10-8-,11-9-/t18-,19-/m1/s1. The van der Waals surface area contributed by atoms with E-state index in [0.717, 1.165) is 29.7 Å². The first-order valence-electron chi connectivity index (χ1n) is 10.0. The summed E-state index contributed by atoms with van der Waals surface area (Å²) in [4.78, 5) is 0. The van der Waals surface area contributed by atoms with Crippen LogP contribution < -0.4 is 23.7 Å². The van der Waals surface area contributed by atoms with Crippen molar-refractivity contribution in [1.82, 2.24) is 0 Å². The van der Waals surface area contributed by atoms with Crippen molar-refractivity contribution in [1.29, 1.82) is 0 Å². The topological polar surface area (TPSA) is 46.2 Å². The molecule has 2 aromatic carbocycles. The largest absolute Gasteiger partial charge is 0.496 e. The molecule has 2 aromatic rings. The van der Waals surface area contributed by atoms with Crippen molar-refractivity contribution in [2.75, 3.05) is 35.5 Å². The van der Waals surface area contributed by atoms with Crippen molar-refractivity contribution in [2.24, 2.45) is 0 Å². The van der Waals surface area contributed by atoms with Crippen molar-refractivity contribution < 1.29 is 23.7 Å². The molecule has 5 heteroatoms. The summed E-state index contributed by atoms with van der Waals surface area (Å²) in [7, 11) is 8.26. The highest BCUT2D eigenvalue weighted by molar-refractivity contribution is 5.55. The summed E-state index contributed by atoms with van der Waals surface area (Å²) < 4.78 is 27.7. The Labute approximate surface area is 178 Å². The van der Waals surface area contributed by atoms with Gasteiger partial charge in [-0.05, 0) is 36.6 Å². The third kappa shape index (κ3) is 4.40. The van der Waals surface area contributed by atoms with Gasteiger partial charge in [-0.3, -0.25) is 0 Å². The summed E-state index contributed by atoms with van der Waals surface area (Å²) in [5.41, 5.74) is 2.18. The zero-order chi connectivity index (χ0) is 21.5. The number of methoxy groups -OCH3 is 5. The zero-order valence-electron chi connectivity index (χ0n) is 18.3. The van der Waals surface area contributed by atoms with Gasteiger partial charge in [-0.2, -0.15) is 0 Å². The molecule has 0 radical (unpaired) electrons. The van der Waals surface area contributed by atoms with Gasteiger partial charge in [-0.25, -0.2) is 0 Å². The molecular formula is C25H30O5. The van der Waals surface area contributed by atoms with Crippen LogP contribution in [0.2, 0.25) is 0 Å². The Hall–Kier alpha value is -3.08. The van der Waals surface area contributed by atoms with Crippen LogP contribution in [0, 0.1) is 0 Å². The van der Waals surface area contributed by atoms with E-state index >= 15 is 0 Å². The van der Waals surface area contributed by atoms with Crippen molar-refractivity contribution in [3.63, 3.8) is 0 Å². The maximum Gasteiger partial charge on any atom is 0.164 e. The van der Waals surface area contributed by atoms with Gasteiger partial charge in [-0.1, -0.05) is 30.4 Å². The van der Waals surface area contributed by atoms with E-state index in [4.69, 9.17) is 23.7 Å². The molecule has 0 amide bonds. The molecule has 0 unspecified atom stereocenters. The highest BCUT2D eigenvalue weighted by Gasteiger charge is 2.27. The molecule has 30 heavy (non-hydrogen) atoms. The summed E-state index contributed by atoms with van der Waals surface area (Å²) in [6.07, 6.45) is 11.0. The van der Waals surface area contributed by atoms with Gasteiger partial charge in [0.05, 0.1) is 35.5 Å². The SMILES string of the molecule is COc1ccc([C@H]2/C=C\CC/C=C\[C@H]2c2cc(OC)c(OC)cc2OC)cc1OC. The van der Waals surface area contributed by atoms with Crippen LogP contribution in [0.3, 0.4) is 0 Å². The third-order valence-corrected chi connectivity index (χ3v) is 5.46. The molecule has 0 fully saturated rings. The summed E-state index contributed by atoms with van der Waals surface area (Å²) in [5, 5.41) is 0. The number of ether oxygens (including phenoxy) is 5. The molecule has 1 aliphatic carbocycles. The summed E-state index contributed by atoms with van der Waals surface area (Å²) >= 11 is 0. The Kier molecular flexibility index (Phi) is 7.28. The van der Waals surface area contributed by atoms with E-state index in [2.05, 4.69) is 30.4 Å². The molecule has 0 N–H and O–H groups in total. The first-order chi connectivity index (χ1) is 14.7. The maximum atomic E-state index is 5.74. The Bertz CT molecular complexity index is 916. The minimum atomic E-state index is 0.0504. The number of hydrogen-bond donors (Lipinski definition) is 0. The lowest BCUT2D eigenvalue weighted by Gasteiger charge is -2.27. The monoisotopic (exact) mass is 410 g/mol. The number of rotatable bonds is 7. The van der Waals surface area contributed by atoms with E-state index < -0.39 is 0 Å². The van der Waals surface area contributed by atoms with Crippen LogP contribution >= 0.6 is 0 Å². The quantitative estimate of drug-likeness (QED) is 0.564. The fraction of sp³-hybridized carbons (Fsp3) is 0.360. The Balaban J connectivity index is 2.15. The molecule has 0 spiro atoms. The summed E-state index contributed by atoms with van der Waals surface area (Å²) in [5.74, 6) is 3.66. The van der Waals surface area contributed by atoms with Gasteiger partial charge >= 0.3 is 0 Å². The molecule has 0 aliphatic heterocycles. The Morgan fingerprint density at radius 1 is 0.567 bits per heavy atom. The van der Waals surface area contributed by atoms with Crippen LogP contribution in [-0.2, 0) is 0 Å². The van der Waals surface area contributed by atoms with Gasteiger partial charge in [0.25, 0.3) is 0 Å². The van der Waals surface area contributed by atoms with Gasteiger partial charge in [-0.15, -0.1) is 0 Å². The van der Waals surface area contributed by atoms with E-state index in [9.17, 15) is 0 Å². The molecular weight excluding hydrogens is 380 g/mol. The van der Waals surface area contributed by atoms with Crippen LogP contribution in [0.4, 0.5) is 0 Å². The average Bonchev–Trinajstić information content (AvgIpc) is 2.77. The van der Waals surface area contributed by atoms with Gasteiger partial charge in [0.2, 0.25) is 0 Å². The van der Waals surface area contributed by atoms with Gasteiger partial charge < -0.3 is 23.7 Å². The van der Waals surface area contributed by atoms with Gasteiger partial charge in [0.15, 0.2) is 23.0 Å². The maximum absolute atomic E-state index is 5.74. The van der Waals surface area contributed by atoms with Crippen molar-refractivity contribution in [3.8, 4) is 28.7 Å². The second-order valence-corrected chi connectivity index (χ2v) is 7.05. The molecule has 5 nitrogen and oxygen atoms in total. The van der Waals surface area contributed by atoms with Gasteiger partial charge in [0.1, 0.15) is 5.75 Å². The lowest BCUT2D eigenvalue weighted by Crippen LogP contribution is -2.11. The predicted octanol–water partition coefficient (Wildman–Crippen LogP) is 5.50. The minimum absolute atomic E-state index is 0.0504. The van der Waals surface area contributed by atoms with E-state index in [1.165, 1.54) is 0 Å². The molecule has 0 bridgehead atoms. The summed E-state index contributed by atoms with van der Waals surface area (Å²) in [6, 6.07) is 9.98. The fourth-order valence-corrected chi connectivity index (χ4v) is 3.91. The second kappa shape index (κ2) is 10.1. The third-order valence-electron chi connectivity index (χ3n) is 5.46. The van der Waals surface area contributed by atoms with Crippen LogP contribution in [0.25, 0.3) is 0 Å². The zero-order valence-corrected chi connectivity index (χ0v) is 18.3. The Morgan fingerprint density at radius 3 is 1.70 bits per heavy atom. The van der Waals surface area contributed by atoms with Crippen LogP contribution in [0.15, 0.2) is 54.6 Å². The first kappa shape index (κ1) is 21.6. The molecule has 2 atom stereocenters. The van der Waals surface area contributed by atoms with Crippen LogP contribution in [0.1, 0.15) is 35.8 Å². The first-order valence-corrected chi connectivity index (χ1v) is 10.0. The molecule has 3 rings (SSSR count). The normalized spacial score (nSPS) is 20.4. The van der Waals surface area contributed by atoms with Crippen molar-refractivity contribution in [3.05, 3.63) is 65.8 Å². The number of benzene rings is 2. The number of hydrogen-bond acceptors (Lipinski definition) is 5. The minimum Gasteiger partial charge on any atom is -0.496 e. The second-order valence-electron chi connectivity index (χ2n) is 7.05. The molecule has 0 saturated heterocycles. The Morgan fingerprint density at radius 2 is 1.10 bits per heavy atom. The van der Waals surface area contributed by atoms with E-state index in [0.29, 0.717) is 23.0 Å². The van der Waals surface area contributed by atoms with Gasteiger partial charge in [0, 0.05) is 23.5 Å². The molecule has 160 valence electrons. The molecule has 0 aromatic heterocycles. The van der Waals surface area contributed by atoms with E-state index in [-0.39, 0.29) is 11.8 Å². The molecule has 0 heterocycles. The average molecular weight is 411 g/mol. The highest BCUT2D eigenvalue weighted by atomic mass is 16.5. The highest BCUT2D eigenvalue weighted by Crippen LogP contribution is 2.46. The van der Waals surface area contributed by atoms with Crippen LogP contribution in [-0.4, -0.2) is 35.5 Å². The predicted molar refractivity (Wildman–Crippen MR) is 119 cm³/mol. The van der Waals surface area contributed by atoms with E-state index in [1.807, 2.05) is 24.3 Å². The number of allylic oxidation sites excluding steroid dienone is 4. The molecule has 1 aliphatic rings. The van der Waals surface area contributed by atoms with Crippen molar-refractivity contribution in [2.45, 2.75) is 24.7 Å². The fourth-order valence-electron chi connectivity index (χ4n) is 3.91. The lowest BCUT2D eigenvalue weighted by atomic mass is 9.79. The van der Waals surface area contributed by atoms with Crippen molar-refractivity contribution >= 4 is 0 Å². The van der Waals surface area contributed by atoms with Crippen LogP contribution in [0.5, 0.6) is 28.7 Å².